The van der Waals surface area contributed by atoms with Crippen LogP contribution in [0.3, 0.4) is 0 Å². The van der Waals surface area contributed by atoms with E-state index in [9.17, 15) is 4.80 Å². The molecule has 0 atom stereocenters. The molecule has 0 aliphatic heterocycles. The van der Waals surface area contributed by atoms with Crippen LogP contribution in [0.4, 0.5) is 0 Å². The first-order valence-electron chi connectivity index (χ1n) is 3.71. The highest BCUT2D eigenvalue weighted by Gasteiger charge is 2.06. The Bertz CT molecular complexity index is 256. The monoisotopic (exact) mass is 165 g/mol. The van der Waals surface area contributed by atoms with Crippen molar-refractivity contribution in [1.82, 2.24) is 0 Å². The van der Waals surface area contributed by atoms with Gasteiger partial charge in [-0.15, -0.1) is 0 Å². The summed E-state index contributed by atoms with van der Waals surface area (Å²) in [5.74, 6) is 0. The van der Waals surface area contributed by atoms with Crippen molar-refractivity contribution >= 4 is 14.2 Å². The van der Waals surface area contributed by atoms with Crippen LogP contribution in [-0.2, 0) is 0 Å². The molecule has 0 bridgehead atoms. The Morgan fingerprint density at radius 3 is 2.36 bits per heavy atom. The first-order valence-corrected chi connectivity index (χ1v) is 5.66. The van der Waals surface area contributed by atoms with Crippen molar-refractivity contribution in [2.45, 2.75) is 20.4 Å². The molecule has 0 fully saturated rings. The second-order valence-electron chi connectivity index (χ2n) is 2.90. The maximum atomic E-state index is 9.40. The third-order valence-corrected chi connectivity index (χ3v) is 3.11. The summed E-state index contributed by atoms with van der Waals surface area (Å²) >= 11 is 0. The molecule has 1 aromatic rings. The van der Waals surface area contributed by atoms with Crippen LogP contribution < -0.4 is 5.19 Å². The molecular formula is C9H13OSi. The van der Waals surface area contributed by atoms with E-state index >= 15 is 0 Å². The number of aryl methyl sites for hydroxylation is 2. The Morgan fingerprint density at radius 1 is 1.27 bits per heavy atom. The number of hydrogen-bond donors (Lipinski definition) is 1. The van der Waals surface area contributed by atoms with Gasteiger partial charge in [0.2, 0.25) is 9.04 Å². The highest BCUT2D eigenvalue weighted by molar-refractivity contribution is 6.65. The third kappa shape index (κ3) is 1.91. The zero-order valence-corrected chi connectivity index (χ0v) is 8.18. The van der Waals surface area contributed by atoms with Crippen LogP contribution in [0, 0.1) is 13.8 Å². The van der Waals surface area contributed by atoms with E-state index in [2.05, 4.69) is 13.0 Å². The van der Waals surface area contributed by atoms with E-state index in [0.717, 1.165) is 5.19 Å². The van der Waals surface area contributed by atoms with Crippen LogP contribution >= 0.6 is 0 Å². The van der Waals surface area contributed by atoms with Gasteiger partial charge in [0.25, 0.3) is 0 Å². The van der Waals surface area contributed by atoms with Crippen LogP contribution in [0.2, 0.25) is 6.55 Å². The minimum absolute atomic E-state index is 1.13. The second kappa shape index (κ2) is 3.20. The summed E-state index contributed by atoms with van der Waals surface area (Å²) in [7, 11) is -1.26. The minimum atomic E-state index is -1.26. The lowest BCUT2D eigenvalue weighted by Gasteiger charge is -2.06. The number of hydrogen-bond acceptors (Lipinski definition) is 1. The first-order chi connectivity index (χ1) is 5.11. The minimum Gasteiger partial charge on any atom is -0.427 e. The summed E-state index contributed by atoms with van der Waals surface area (Å²) in [4.78, 5) is 9.40. The van der Waals surface area contributed by atoms with Gasteiger partial charge in [-0.05, 0) is 31.1 Å². The first kappa shape index (κ1) is 8.49. The summed E-state index contributed by atoms with van der Waals surface area (Å²) in [6.45, 7) is 6.01. The maximum absolute atomic E-state index is 9.40. The van der Waals surface area contributed by atoms with E-state index in [1.54, 1.807) is 0 Å². The Labute approximate surface area is 69.4 Å². The predicted octanol–water partition coefficient (Wildman–Crippen LogP) is 1.12. The topological polar surface area (TPSA) is 20.2 Å². The molecule has 0 unspecified atom stereocenters. The lowest BCUT2D eigenvalue weighted by Crippen LogP contribution is -2.28. The molecule has 1 N–H and O–H groups in total. The van der Waals surface area contributed by atoms with E-state index in [1.807, 2.05) is 25.6 Å². The van der Waals surface area contributed by atoms with Gasteiger partial charge >= 0.3 is 0 Å². The Hall–Kier alpha value is -0.603. The van der Waals surface area contributed by atoms with Crippen molar-refractivity contribution in [2.24, 2.45) is 0 Å². The fourth-order valence-corrected chi connectivity index (χ4v) is 2.19. The lowest BCUT2D eigenvalue weighted by molar-refractivity contribution is 0.593. The van der Waals surface area contributed by atoms with Crippen molar-refractivity contribution in [3.63, 3.8) is 0 Å². The summed E-state index contributed by atoms with van der Waals surface area (Å²) < 4.78 is 0. The molecule has 0 saturated carbocycles. The van der Waals surface area contributed by atoms with E-state index < -0.39 is 9.04 Å². The standard InChI is InChI=1S/C9H13OSi/c1-7-4-5-9(11(3)10)8(2)6-7/h4-6,10H,1-3H3. The highest BCUT2D eigenvalue weighted by atomic mass is 28.3. The zero-order valence-electron chi connectivity index (χ0n) is 7.18. The Morgan fingerprint density at radius 2 is 1.91 bits per heavy atom. The molecule has 0 amide bonds. The SMILES string of the molecule is Cc1ccc([Si](C)O)c(C)c1. The van der Waals surface area contributed by atoms with Gasteiger partial charge in [0.1, 0.15) is 0 Å². The van der Waals surface area contributed by atoms with E-state index in [-0.39, 0.29) is 0 Å². The Kier molecular flexibility index (Phi) is 2.47. The molecule has 1 radical (unpaired) electrons. The molecule has 11 heavy (non-hydrogen) atoms. The largest absolute Gasteiger partial charge is 0.427 e. The summed E-state index contributed by atoms with van der Waals surface area (Å²) in [5.41, 5.74) is 2.47. The second-order valence-corrected chi connectivity index (χ2v) is 4.61. The van der Waals surface area contributed by atoms with Crippen LogP contribution in [0.5, 0.6) is 0 Å². The van der Waals surface area contributed by atoms with Gasteiger partial charge < -0.3 is 4.80 Å². The van der Waals surface area contributed by atoms with Gasteiger partial charge in [-0.25, -0.2) is 0 Å². The fraction of sp³-hybridized carbons (Fsp3) is 0.333. The van der Waals surface area contributed by atoms with Gasteiger partial charge in [0.15, 0.2) is 0 Å². The number of benzene rings is 1. The van der Waals surface area contributed by atoms with Gasteiger partial charge in [-0.1, -0.05) is 23.8 Å². The summed E-state index contributed by atoms with van der Waals surface area (Å²) in [6, 6.07) is 6.19. The van der Waals surface area contributed by atoms with E-state index in [4.69, 9.17) is 0 Å². The average Bonchev–Trinajstić information content (AvgIpc) is 1.85. The van der Waals surface area contributed by atoms with Crippen molar-refractivity contribution in [1.29, 1.82) is 0 Å². The van der Waals surface area contributed by atoms with Gasteiger partial charge in [-0.3, -0.25) is 0 Å². The smallest absolute Gasteiger partial charge is 0.239 e. The average molecular weight is 165 g/mol. The van der Waals surface area contributed by atoms with Crippen molar-refractivity contribution in [3.05, 3.63) is 29.3 Å². The zero-order chi connectivity index (χ0) is 8.43. The lowest BCUT2D eigenvalue weighted by atomic mass is 10.2. The van der Waals surface area contributed by atoms with E-state index in [1.165, 1.54) is 11.1 Å². The normalized spacial score (nSPS) is 10.6. The molecule has 0 saturated heterocycles. The molecule has 59 valence electrons. The summed E-state index contributed by atoms with van der Waals surface area (Å²) in [5, 5.41) is 1.13. The van der Waals surface area contributed by atoms with Crippen molar-refractivity contribution in [3.8, 4) is 0 Å². The maximum Gasteiger partial charge on any atom is 0.239 e. The quantitative estimate of drug-likeness (QED) is 0.618. The molecule has 0 aliphatic rings. The molecule has 0 aromatic heterocycles. The van der Waals surface area contributed by atoms with Crippen LogP contribution in [-0.4, -0.2) is 13.8 Å². The molecular weight excluding hydrogens is 152 g/mol. The van der Waals surface area contributed by atoms with Gasteiger partial charge in [-0.2, -0.15) is 0 Å². The Balaban J connectivity index is 3.09. The molecule has 2 heteroatoms. The van der Waals surface area contributed by atoms with Gasteiger partial charge in [0.05, 0.1) is 0 Å². The molecule has 0 spiro atoms. The highest BCUT2D eigenvalue weighted by Crippen LogP contribution is 2.00. The number of rotatable bonds is 1. The molecule has 1 rings (SSSR count). The molecule has 0 aliphatic carbocycles. The molecule has 1 aromatic carbocycles. The fourth-order valence-electron chi connectivity index (χ4n) is 1.22. The van der Waals surface area contributed by atoms with Crippen LogP contribution in [0.15, 0.2) is 18.2 Å². The van der Waals surface area contributed by atoms with Crippen LogP contribution in [0.25, 0.3) is 0 Å². The van der Waals surface area contributed by atoms with Crippen molar-refractivity contribution < 1.29 is 4.80 Å². The van der Waals surface area contributed by atoms with Crippen molar-refractivity contribution in [2.75, 3.05) is 0 Å². The third-order valence-electron chi connectivity index (χ3n) is 1.77. The molecule has 1 nitrogen and oxygen atoms in total. The predicted molar refractivity (Wildman–Crippen MR) is 49.4 cm³/mol. The van der Waals surface area contributed by atoms with Gasteiger partial charge in [0, 0.05) is 0 Å². The van der Waals surface area contributed by atoms with E-state index in [0.29, 0.717) is 0 Å². The van der Waals surface area contributed by atoms with Crippen LogP contribution in [0.1, 0.15) is 11.1 Å². The summed E-state index contributed by atoms with van der Waals surface area (Å²) in [6.07, 6.45) is 0. The molecule has 0 heterocycles.